The van der Waals surface area contributed by atoms with Crippen molar-refractivity contribution in [3.8, 4) is 11.3 Å². The van der Waals surface area contributed by atoms with Crippen LogP contribution in [0, 0.1) is 11.7 Å². The first kappa shape index (κ1) is 17.2. The predicted octanol–water partition coefficient (Wildman–Crippen LogP) is 2.96. The highest BCUT2D eigenvalue weighted by Crippen LogP contribution is 2.22. The molecule has 0 spiro atoms. The maximum absolute atomic E-state index is 13.0. The molecule has 2 amide bonds. The van der Waals surface area contributed by atoms with E-state index in [1.807, 2.05) is 0 Å². The van der Waals surface area contributed by atoms with Crippen LogP contribution >= 0.6 is 0 Å². The number of furan rings is 1. The van der Waals surface area contributed by atoms with Crippen LogP contribution in [0.1, 0.15) is 25.5 Å². The summed E-state index contributed by atoms with van der Waals surface area (Å²) in [4.78, 5) is 25.5. The summed E-state index contributed by atoms with van der Waals surface area (Å²) in [5.74, 6) is 0.730. The number of piperidine rings is 1. The summed E-state index contributed by atoms with van der Waals surface area (Å²) < 4.78 is 18.7. The second kappa shape index (κ2) is 7.51. The molecule has 1 atom stereocenters. The van der Waals surface area contributed by atoms with E-state index in [2.05, 4.69) is 5.32 Å². The number of hydrogen-bond donors (Lipinski definition) is 1. The Labute approximate surface area is 145 Å². The molecule has 0 radical (unpaired) electrons. The third-order valence-electron chi connectivity index (χ3n) is 4.46. The molecular formula is C19H21FN2O3. The van der Waals surface area contributed by atoms with Gasteiger partial charge in [0.25, 0.3) is 0 Å². The minimum absolute atomic E-state index is 0.00692. The fourth-order valence-electron chi connectivity index (χ4n) is 3.04. The van der Waals surface area contributed by atoms with Gasteiger partial charge in [0.1, 0.15) is 17.3 Å². The highest BCUT2D eigenvalue weighted by molar-refractivity contribution is 5.80. The van der Waals surface area contributed by atoms with Crippen molar-refractivity contribution in [2.24, 2.45) is 5.92 Å². The SMILES string of the molecule is CC(=O)N1CCC[C@H](C(=O)NCc2ccc(-c3ccc(F)cc3)o2)C1. The molecule has 6 heteroatoms. The van der Waals surface area contributed by atoms with Crippen LogP contribution in [0.15, 0.2) is 40.8 Å². The van der Waals surface area contributed by atoms with Crippen molar-refractivity contribution in [2.45, 2.75) is 26.3 Å². The van der Waals surface area contributed by atoms with E-state index < -0.39 is 0 Å². The minimum Gasteiger partial charge on any atom is -0.459 e. The van der Waals surface area contributed by atoms with E-state index in [1.165, 1.54) is 19.1 Å². The van der Waals surface area contributed by atoms with Crippen LogP contribution in [0.25, 0.3) is 11.3 Å². The van der Waals surface area contributed by atoms with E-state index >= 15 is 0 Å². The Bertz CT molecular complexity index is 754. The normalized spacial score (nSPS) is 17.4. The van der Waals surface area contributed by atoms with Crippen molar-refractivity contribution in [1.29, 1.82) is 0 Å². The van der Waals surface area contributed by atoms with E-state index in [1.54, 1.807) is 29.2 Å². The number of carbonyl (C=O) groups is 2. The molecule has 1 aliphatic heterocycles. The van der Waals surface area contributed by atoms with E-state index in [0.29, 0.717) is 18.1 Å². The number of halogens is 1. The van der Waals surface area contributed by atoms with Crippen molar-refractivity contribution in [1.82, 2.24) is 10.2 Å². The molecule has 25 heavy (non-hydrogen) atoms. The van der Waals surface area contributed by atoms with Crippen LogP contribution < -0.4 is 5.32 Å². The zero-order valence-electron chi connectivity index (χ0n) is 14.1. The van der Waals surface area contributed by atoms with Crippen LogP contribution in [-0.2, 0) is 16.1 Å². The van der Waals surface area contributed by atoms with Gasteiger partial charge in [-0.1, -0.05) is 0 Å². The molecule has 0 aliphatic carbocycles. The van der Waals surface area contributed by atoms with Crippen molar-refractivity contribution in [2.75, 3.05) is 13.1 Å². The first-order chi connectivity index (χ1) is 12.0. The molecule has 0 unspecified atom stereocenters. The number of benzene rings is 1. The number of carbonyl (C=O) groups excluding carboxylic acids is 2. The van der Waals surface area contributed by atoms with Gasteiger partial charge in [-0.2, -0.15) is 0 Å². The molecule has 1 N–H and O–H groups in total. The Balaban J connectivity index is 1.56. The zero-order valence-corrected chi connectivity index (χ0v) is 14.1. The van der Waals surface area contributed by atoms with Gasteiger partial charge in [0, 0.05) is 25.6 Å². The lowest BCUT2D eigenvalue weighted by molar-refractivity contribution is -0.134. The van der Waals surface area contributed by atoms with Crippen LogP contribution in [0.2, 0.25) is 0 Å². The average Bonchev–Trinajstić information content (AvgIpc) is 3.09. The highest BCUT2D eigenvalue weighted by atomic mass is 19.1. The molecule has 3 rings (SSSR count). The second-order valence-electron chi connectivity index (χ2n) is 6.29. The van der Waals surface area contributed by atoms with Crippen molar-refractivity contribution in [3.63, 3.8) is 0 Å². The standard InChI is InChI=1S/C19H21FN2O3/c1-13(23)22-10-2-3-15(12-22)19(24)21-11-17-8-9-18(25-17)14-4-6-16(20)7-5-14/h4-9,15H,2-3,10-12H2,1H3,(H,21,24)/t15-/m0/s1. The number of likely N-dealkylation sites (tertiary alicyclic amines) is 1. The third kappa shape index (κ3) is 4.26. The second-order valence-corrected chi connectivity index (χ2v) is 6.29. The number of nitrogens with zero attached hydrogens (tertiary/aromatic N) is 1. The molecule has 1 saturated heterocycles. The van der Waals surface area contributed by atoms with Gasteiger partial charge in [-0.25, -0.2) is 4.39 Å². The van der Waals surface area contributed by atoms with Crippen molar-refractivity contribution >= 4 is 11.8 Å². The predicted molar refractivity (Wildman–Crippen MR) is 90.9 cm³/mol. The Morgan fingerprint density at radius 2 is 2.00 bits per heavy atom. The Morgan fingerprint density at radius 3 is 2.72 bits per heavy atom. The van der Waals surface area contributed by atoms with Crippen LogP contribution in [0.5, 0.6) is 0 Å². The maximum atomic E-state index is 13.0. The van der Waals surface area contributed by atoms with E-state index in [-0.39, 0.29) is 30.1 Å². The summed E-state index contributed by atoms with van der Waals surface area (Å²) >= 11 is 0. The molecule has 5 nitrogen and oxygen atoms in total. The van der Waals surface area contributed by atoms with Gasteiger partial charge in [-0.15, -0.1) is 0 Å². The lowest BCUT2D eigenvalue weighted by atomic mass is 9.97. The summed E-state index contributed by atoms with van der Waals surface area (Å²) in [5.41, 5.74) is 0.781. The van der Waals surface area contributed by atoms with E-state index in [0.717, 1.165) is 24.9 Å². The molecule has 2 heterocycles. The smallest absolute Gasteiger partial charge is 0.225 e. The fourth-order valence-corrected chi connectivity index (χ4v) is 3.04. The van der Waals surface area contributed by atoms with Gasteiger partial charge in [0.05, 0.1) is 12.5 Å². The summed E-state index contributed by atoms with van der Waals surface area (Å²) in [6.45, 7) is 3.01. The molecule has 1 fully saturated rings. The van der Waals surface area contributed by atoms with E-state index in [4.69, 9.17) is 4.42 Å². The molecule has 2 aromatic rings. The van der Waals surface area contributed by atoms with Crippen LogP contribution in [-0.4, -0.2) is 29.8 Å². The first-order valence-electron chi connectivity index (χ1n) is 8.41. The minimum atomic E-state index is -0.296. The van der Waals surface area contributed by atoms with Crippen molar-refractivity contribution in [3.05, 3.63) is 48.0 Å². The fraction of sp³-hybridized carbons (Fsp3) is 0.368. The van der Waals surface area contributed by atoms with Gasteiger partial charge in [0.15, 0.2) is 0 Å². The van der Waals surface area contributed by atoms with Gasteiger partial charge < -0.3 is 14.6 Å². The molecular weight excluding hydrogens is 323 g/mol. The maximum Gasteiger partial charge on any atom is 0.225 e. The monoisotopic (exact) mass is 344 g/mol. The molecule has 1 aliphatic rings. The third-order valence-corrected chi connectivity index (χ3v) is 4.46. The summed E-state index contributed by atoms with van der Waals surface area (Å²) in [6.07, 6.45) is 1.63. The van der Waals surface area contributed by atoms with Gasteiger partial charge in [0.2, 0.25) is 11.8 Å². The van der Waals surface area contributed by atoms with Crippen LogP contribution in [0.3, 0.4) is 0 Å². The summed E-state index contributed by atoms with van der Waals surface area (Å²) in [7, 11) is 0. The lowest BCUT2D eigenvalue weighted by Crippen LogP contribution is -2.44. The highest BCUT2D eigenvalue weighted by Gasteiger charge is 2.26. The molecule has 0 saturated carbocycles. The number of rotatable bonds is 4. The molecule has 0 bridgehead atoms. The first-order valence-corrected chi connectivity index (χ1v) is 8.41. The molecule has 1 aromatic heterocycles. The zero-order chi connectivity index (χ0) is 17.8. The molecule has 1 aromatic carbocycles. The van der Waals surface area contributed by atoms with Crippen LogP contribution in [0.4, 0.5) is 4.39 Å². The largest absolute Gasteiger partial charge is 0.459 e. The Hall–Kier alpha value is -2.63. The number of nitrogens with one attached hydrogen (secondary N) is 1. The number of amides is 2. The summed E-state index contributed by atoms with van der Waals surface area (Å²) in [6, 6.07) is 9.64. The molecule has 132 valence electrons. The van der Waals surface area contributed by atoms with Gasteiger partial charge in [-0.3, -0.25) is 9.59 Å². The topological polar surface area (TPSA) is 62.6 Å². The Kier molecular flexibility index (Phi) is 5.16. The average molecular weight is 344 g/mol. The van der Waals surface area contributed by atoms with Gasteiger partial charge >= 0.3 is 0 Å². The summed E-state index contributed by atoms with van der Waals surface area (Å²) in [5, 5.41) is 2.87. The van der Waals surface area contributed by atoms with Crippen molar-refractivity contribution < 1.29 is 18.4 Å². The number of hydrogen-bond acceptors (Lipinski definition) is 3. The lowest BCUT2D eigenvalue weighted by Gasteiger charge is -2.31. The quantitative estimate of drug-likeness (QED) is 0.927. The van der Waals surface area contributed by atoms with E-state index in [9.17, 15) is 14.0 Å². The van der Waals surface area contributed by atoms with Gasteiger partial charge in [-0.05, 0) is 49.2 Å². The Morgan fingerprint density at radius 1 is 1.24 bits per heavy atom.